The van der Waals surface area contributed by atoms with Crippen LogP contribution in [0.2, 0.25) is 0 Å². The first-order valence-electron chi connectivity index (χ1n) is 13.5. The van der Waals surface area contributed by atoms with Gasteiger partial charge in [-0.1, -0.05) is 27.7 Å². The number of aryl methyl sites for hydroxylation is 1. The van der Waals surface area contributed by atoms with Gasteiger partial charge < -0.3 is 28.9 Å². The van der Waals surface area contributed by atoms with E-state index in [4.69, 9.17) is 14.5 Å². The Labute approximate surface area is 227 Å². The Morgan fingerprint density at radius 2 is 1.77 bits per heavy atom. The average molecular weight is 537 g/mol. The van der Waals surface area contributed by atoms with Crippen molar-refractivity contribution in [1.82, 2.24) is 19.4 Å². The summed E-state index contributed by atoms with van der Waals surface area (Å²) < 4.78 is 12.3. The third-order valence-corrected chi connectivity index (χ3v) is 7.14. The number of piperazine rings is 1. The molecule has 1 amide bonds. The van der Waals surface area contributed by atoms with Gasteiger partial charge in [0.15, 0.2) is 6.10 Å². The fraction of sp³-hybridized carbons (Fsp3) is 0.448. The molecule has 0 radical (unpaired) electrons. The average Bonchev–Trinajstić information content (AvgIpc) is 3.32. The van der Waals surface area contributed by atoms with Crippen LogP contribution in [0.5, 0.6) is 5.75 Å². The van der Waals surface area contributed by atoms with E-state index in [1.54, 1.807) is 27.7 Å². The van der Waals surface area contributed by atoms with Crippen molar-refractivity contribution in [2.75, 3.05) is 33.2 Å². The first-order chi connectivity index (χ1) is 18.8. The molecule has 1 aromatic carbocycles. The molecule has 3 aromatic rings. The van der Waals surface area contributed by atoms with Crippen molar-refractivity contribution >= 4 is 23.0 Å². The maximum absolute atomic E-state index is 13.1. The molecule has 3 aliphatic heterocycles. The van der Waals surface area contributed by atoms with E-state index < -0.39 is 12.1 Å². The lowest BCUT2D eigenvalue weighted by molar-refractivity contribution is -0.157. The Balaban J connectivity index is 0.000000845. The number of ether oxygens (including phenoxy) is 2. The number of hydrogen-bond donors (Lipinski definition) is 1. The number of likely N-dealkylation sites (N-methyl/N-ethyl adjacent to an activating group) is 1. The maximum atomic E-state index is 13.1. The largest absolute Gasteiger partial charge is 0.458 e. The normalized spacial score (nSPS) is 17.6. The van der Waals surface area contributed by atoms with Crippen molar-refractivity contribution in [2.45, 2.75) is 53.9 Å². The van der Waals surface area contributed by atoms with Gasteiger partial charge in [0.2, 0.25) is 0 Å². The van der Waals surface area contributed by atoms with E-state index in [1.807, 2.05) is 47.7 Å². The minimum atomic E-state index is -1.48. The molecule has 208 valence electrons. The lowest BCUT2D eigenvalue weighted by Crippen LogP contribution is -2.48. The third-order valence-electron chi connectivity index (χ3n) is 7.14. The lowest BCUT2D eigenvalue weighted by Gasteiger charge is -2.31. The molecule has 1 fully saturated rings. The summed E-state index contributed by atoms with van der Waals surface area (Å²) in [5.74, 6) is -0.286. The van der Waals surface area contributed by atoms with E-state index in [0.717, 1.165) is 29.6 Å². The number of fused-ring (bicyclic) bond motifs is 5. The second-order valence-corrected chi connectivity index (χ2v) is 9.27. The zero-order valence-electron chi connectivity index (χ0n) is 23.4. The summed E-state index contributed by atoms with van der Waals surface area (Å²) in [5.41, 5.74) is 3.76. The number of nitrogens with zero attached hydrogens (tertiary/aromatic N) is 4. The highest BCUT2D eigenvalue weighted by molar-refractivity contribution is 5.89. The summed E-state index contributed by atoms with van der Waals surface area (Å²) in [5, 5.41) is 11.1. The quantitative estimate of drug-likeness (QED) is 0.367. The molecule has 0 bridgehead atoms. The summed E-state index contributed by atoms with van der Waals surface area (Å²) in [6.07, 6.45) is -1.85. The van der Waals surface area contributed by atoms with Gasteiger partial charge in [0, 0.05) is 48.3 Å². The van der Waals surface area contributed by atoms with Crippen LogP contribution < -0.4 is 10.3 Å². The monoisotopic (exact) mass is 536 g/mol. The summed E-state index contributed by atoms with van der Waals surface area (Å²) >= 11 is 0. The summed E-state index contributed by atoms with van der Waals surface area (Å²) in [6, 6.07) is 7.15. The summed E-state index contributed by atoms with van der Waals surface area (Å²) in [6.45, 7) is 12.9. The molecule has 0 aliphatic carbocycles. The molecule has 10 heteroatoms. The van der Waals surface area contributed by atoms with Gasteiger partial charge in [0.25, 0.3) is 5.56 Å². The number of benzene rings is 1. The number of amides is 1. The third kappa shape index (κ3) is 5.02. The van der Waals surface area contributed by atoms with Crippen LogP contribution in [-0.4, -0.2) is 69.7 Å². The van der Waals surface area contributed by atoms with Crippen molar-refractivity contribution in [1.29, 1.82) is 0 Å². The number of carbonyl (C=O) groups excluding carboxylic acids is 2. The summed E-state index contributed by atoms with van der Waals surface area (Å²) in [7, 11) is 2.03. The number of cyclic esters (lactones) is 1. The molecule has 3 aliphatic rings. The SMILES string of the molecule is CC.CC.Cc1c(OC(=O)N2CCN(C)CC2)ccc2nc3c(cc12)Cn1c-3cc2c(c1=O)COC(=O)C2O. The molecule has 1 unspecified atom stereocenters. The van der Waals surface area contributed by atoms with E-state index in [9.17, 15) is 19.5 Å². The Morgan fingerprint density at radius 1 is 1.08 bits per heavy atom. The molecule has 1 saturated heterocycles. The van der Waals surface area contributed by atoms with Gasteiger partial charge >= 0.3 is 12.1 Å². The topological polar surface area (TPSA) is 114 Å². The highest BCUT2D eigenvalue weighted by Gasteiger charge is 2.34. The van der Waals surface area contributed by atoms with Crippen LogP contribution in [0.1, 0.15) is 56.1 Å². The van der Waals surface area contributed by atoms with Crippen LogP contribution in [-0.2, 0) is 22.7 Å². The van der Waals surface area contributed by atoms with Gasteiger partial charge in [0.05, 0.1) is 29.0 Å². The number of pyridine rings is 2. The van der Waals surface area contributed by atoms with Gasteiger partial charge in [-0.25, -0.2) is 14.6 Å². The number of carbonyl (C=O) groups is 2. The van der Waals surface area contributed by atoms with Crippen LogP contribution in [0, 0.1) is 6.92 Å². The Bertz CT molecular complexity index is 1470. The predicted molar refractivity (Wildman–Crippen MR) is 148 cm³/mol. The molecule has 1 N–H and O–H groups in total. The van der Waals surface area contributed by atoms with E-state index in [-0.39, 0.29) is 29.4 Å². The molecule has 6 rings (SSSR count). The van der Waals surface area contributed by atoms with Crippen molar-refractivity contribution in [2.24, 2.45) is 0 Å². The number of esters is 1. The number of aliphatic hydroxyl groups is 1. The molecule has 1 atom stereocenters. The maximum Gasteiger partial charge on any atom is 0.415 e. The lowest BCUT2D eigenvalue weighted by atomic mass is 10.00. The van der Waals surface area contributed by atoms with Gasteiger partial charge in [-0.3, -0.25) is 4.79 Å². The molecule has 2 aromatic heterocycles. The highest BCUT2D eigenvalue weighted by Crippen LogP contribution is 2.37. The Morgan fingerprint density at radius 3 is 2.46 bits per heavy atom. The predicted octanol–water partition coefficient (Wildman–Crippen LogP) is 3.62. The van der Waals surface area contributed by atoms with Gasteiger partial charge in [-0.05, 0) is 38.2 Å². The highest BCUT2D eigenvalue weighted by atomic mass is 16.6. The molecule has 0 spiro atoms. The van der Waals surface area contributed by atoms with Gasteiger partial charge in [-0.2, -0.15) is 0 Å². The van der Waals surface area contributed by atoms with Crippen LogP contribution in [0.15, 0.2) is 29.1 Å². The first-order valence-corrected chi connectivity index (χ1v) is 13.5. The molecular formula is C29H36N4O6. The number of aromatic nitrogens is 2. The zero-order chi connectivity index (χ0) is 28.4. The minimum Gasteiger partial charge on any atom is -0.458 e. The molecule has 5 heterocycles. The molecule has 39 heavy (non-hydrogen) atoms. The van der Waals surface area contributed by atoms with Gasteiger partial charge in [-0.15, -0.1) is 0 Å². The molecule has 10 nitrogen and oxygen atoms in total. The second-order valence-electron chi connectivity index (χ2n) is 9.27. The number of rotatable bonds is 1. The van der Waals surface area contributed by atoms with Crippen molar-refractivity contribution < 1.29 is 24.2 Å². The van der Waals surface area contributed by atoms with Crippen LogP contribution in [0.25, 0.3) is 22.3 Å². The minimum absolute atomic E-state index is 0.156. The van der Waals surface area contributed by atoms with E-state index >= 15 is 0 Å². The van der Waals surface area contributed by atoms with Crippen LogP contribution in [0.3, 0.4) is 0 Å². The Hall–Kier alpha value is -3.76. The first kappa shape index (κ1) is 28.3. The van der Waals surface area contributed by atoms with Crippen molar-refractivity contribution in [3.05, 3.63) is 56.9 Å². The Kier molecular flexibility index (Phi) is 8.36. The number of hydrogen-bond acceptors (Lipinski definition) is 8. The van der Waals surface area contributed by atoms with E-state index in [2.05, 4.69) is 4.90 Å². The van der Waals surface area contributed by atoms with Crippen molar-refractivity contribution in [3.63, 3.8) is 0 Å². The number of aliphatic hydroxyl groups excluding tert-OH is 1. The fourth-order valence-electron chi connectivity index (χ4n) is 4.98. The van der Waals surface area contributed by atoms with Crippen molar-refractivity contribution in [3.8, 4) is 17.1 Å². The van der Waals surface area contributed by atoms with E-state index in [1.165, 1.54) is 0 Å². The molecule has 0 saturated carbocycles. The standard InChI is InChI=1S/C25H24N4O6.2C2H6/c1-13-15-9-14-11-29-19(10-16-17(23(29)31)12-34-24(32)22(16)30)21(14)26-18(15)3-4-20(13)35-25(33)28-7-5-27(2)6-8-28;2*1-2/h3-4,9-10,22,30H,5-8,11-12H2,1-2H3;2*1-2H3. The second kappa shape index (κ2) is 11.5. The fourth-order valence-corrected chi connectivity index (χ4v) is 4.98. The zero-order valence-corrected chi connectivity index (χ0v) is 23.4. The van der Waals surface area contributed by atoms with E-state index in [0.29, 0.717) is 42.3 Å². The van der Waals surface area contributed by atoms with Crippen LogP contribution in [0.4, 0.5) is 4.79 Å². The summed E-state index contributed by atoms with van der Waals surface area (Å²) in [4.78, 5) is 46.3. The van der Waals surface area contributed by atoms with Crippen LogP contribution >= 0.6 is 0 Å². The van der Waals surface area contributed by atoms with Gasteiger partial charge in [0.1, 0.15) is 12.4 Å². The molecular weight excluding hydrogens is 500 g/mol. The smallest absolute Gasteiger partial charge is 0.415 e.